The smallest absolute Gasteiger partial charge is 0.311 e. The Balaban J connectivity index is 1.76. The van der Waals surface area contributed by atoms with E-state index in [0.29, 0.717) is 6.54 Å². The maximum absolute atomic E-state index is 11.2. The Labute approximate surface area is 112 Å². The lowest BCUT2D eigenvalue weighted by Gasteiger charge is -2.15. The molecule has 5 nitrogen and oxygen atoms in total. The van der Waals surface area contributed by atoms with Crippen molar-refractivity contribution in [3.8, 4) is 0 Å². The lowest BCUT2D eigenvalue weighted by Crippen LogP contribution is -2.25. The third-order valence-corrected chi connectivity index (χ3v) is 4.28. The summed E-state index contributed by atoms with van der Waals surface area (Å²) in [5, 5.41) is 12.4. The predicted molar refractivity (Wildman–Crippen MR) is 71.1 cm³/mol. The number of anilines is 1. The number of carboxylic acid groups (broad SMARTS) is 1. The van der Waals surface area contributed by atoms with Crippen LogP contribution in [0.3, 0.4) is 0 Å². The van der Waals surface area contributed by atoms with Crippen LogP contribution in [-0.4, -0.2) is 27.6 Å². The van der Waals surface area contributed by atoms with Gasteiger partial charge in [-0.15, -0.1) is 0 Å². The summed E-state index contributed by atoms with van der Waals surface area (Å²) in [4.78, 5) is 19.9. The Bertz CT molecular complexity index is 497. The SMILES string of the molecule is O=C(O)C1(CNc2ncnc3c2CCCCC3)CC1. The van der Waals surface area contributed by atoms with E-state index in [1.165, 1.54) is 24.8 Å². The highest BCUT2D eigenvalue weighted by atomic mass is 16.4. The molecule has 1 fully saturated rings. The number of carbonyl (C=O) groups is 1. The summed E-state index contributed by atoms with van der Waals surface area (Å²) in [6.45, 7) is 0.478. The Kier molecular flexibility index (Phi) is 3.12. The highest BCUT2D eigenvalue weighted by molar-refractivity contribution is 5.78. The first-order chi connectivity index (χ1) is 9.21. The van der Waals surface area contributed by atoms with E-state index in [9.17, 15) is 9.90 Å². The van der Waals surface area contributed by atoms with Gasteiger partial charge in [-0.25, -0.2) is 9.97 Å². The highest BCUT2D eigenvalue weighted by Crippen LogP contribution is 2.45. The number of fused-ring (bicyclic) bond motifs is 1. The molecule has 1 heterocycles. The number of rotatable bonds is 4. The zero-order valence-electron chi connectivity index (χ0n) is 11.0. The van der Waals surface area contributed by atoms with Gasteiger partial charge in [-0.3, -0.25) is 4.79 Å². The second kappa shape index (κ2) is 4.79. The van der Waals surface area contributed by atoms with Crippen LogP contribution in [0.4, 0.5) is 5.82 Å². The Morgan fingerprint density at radius 3 is 2.79 bits per heavy atom. The van der Waals surface area contributed by atoms with Crippen LogP contribution in [-0.2, 0) is 17.6 Å². The molecule has 0 atom stereocenters. The van der Waals surface area contributed by atoms with Crippen molar-refractivity contribution >= 4 is 11.8 Å². The van der Waals surface area contributed by atoms with Gasteiger partial charge in [0.2, 0.25) is 0 Å². The third-order valence-electron chi connectivity index (χ3n) is 4.28. The second-order valence-corrected chi connectivity index (χ2v) is 5.65. The Hall–Kier alpha value is -1.65. The van der Waals surface area contributed by atoms with E-state index in [-0.39, 0.29) is 0 Å². The summed E-state index contributed by atoms with van der Waals surface area (Å²) >= 11 is 0. The van der Waals surface area contributed by atoms with Crippen molar-refractivity contribution < 1.29 is 9.90 Å². The van der Waals surface area contributed by atoms with Gasteiger partial charge in [-0.2, -0.15) is 0 Å². The molecule has 0 bridgehead atoms. The molecule has 5 heteroatoms. The first kappa shape index (κ1) is 12.4. The molecule has 1 aromatic heterocycles. The lowest BCUT2D eigenvalue weighted by atomic mass is 10.1. The van der Waals surface area contributed by atoms with E-state index in [4.69, 9.17) is 0 Å². The van der Waals surface area contributed by atoms with Gasteiger partial charge in [0, 0.05) is 17.8 Å². The number of hydrogen-bond acceptors (Lipinski definition) is 4. The molecule has 2 aliphatic carbocycles. The van der Waals surface area contributed by atoms with Gasteiger partial charge in [0.25, 0.3) is 0 Å². The molecule has 102 valence electrons. The highest BCUT2D eigenvalue weighted by Gasteiger charge is 2.50. The van der Waals surface area contributed by atoms with Crippen LogP contribution in [0.25, 0.3) is 0 Å². The van der Waals surface area contributed by atoms with E-state index in [2.05, 4.69) is 15.3 Å². The van der Waals surface area contributed by atoms with Crippen LogP contribution < -0.4 is 5.32 Å². The summed E-state index contributed by atoms with van der Waals surface area (Å²) in [5.74, 6) is 0.152. The van der Waals surface area contributed by atoms with E-state index in [0.717, 1.165) is 37.2 Å². The molecule has 19 heavy (non-hydrogen) atoms. The van der Waals surface area contributed by atoms with Gasteiger partial charge in [-0.1, -0.05) is 6.42 Å². The minimum absolute atomic E-state index is 0.478. The summed E-state index contributed by atoms with van der Waals surface area (Å²) in [7, 11) is 0. The maximum atomic E-state index is 11.2. The van der Waals surface area contributed by atoms with Gasteiger partial charge in [-0.05, 0) is 38.5 Å². The molecule has 2 N–H and O–H groups in total. The summed E-state index contributed by atoms with van der Waals surface area (Å²) in [5.41, 5.74) is 1.78. The average molecular weight is 261 g/mol. The van der Waals surface area contributed by atoms with E-state index < -0.39 is 11.4 Å². The summed E-state index contributed by atoms with van der Waals surface area (Å²) in [6, 6.07) is 0. The molecular formula is C14H19N3O2. The van der Waals surface area contributed by atoms with E-state index >= 15 is 0 Å². The second-order valence-electron chi connectivity index (χ2n) is 5.65. The van der Waals surface area contributed by atoms with Crippen molar-refractivity contribution in [2.45, 2.75) is 44.9 Å². The van der Waals surface area contributed by atoms with Crippen molar-refractivity contribution in [1.29, 1.82) is 0 Å². The number of aromatic nitrogens is 2. The molecule has 0 aromatic carbocycles. The molecule has 0 radical (unpaired) electrons. The number of aliphatic carboxylic acids is 1. The lowest BCUT2D eigenvalue weighted by molar-refractivity contribution is -0.142. The normalized spacial score (nSPS) is 20.2. The number of carboxylic acids is 1. The fourth-order valence-corrected chi connectivity index (χ4v) is 2.72. The molecule has 3 rings (SSSR count). The minimum Gasteiger partial charge on any atom is -0.481 e. The van der Waals surface area contributed by atoms with Gasteiger partial charge in [0.05, 0.1) is 5.41 Å². The molecule has 1 aromatic rings. The molecule has 0 unspecified atom stereocenters. The van der Waals surface area contributed by atoms with E-state index in [1.54, 1.807) is 6.33 Å². The minimum atomic E-state index is -0.694. The van der Waals surface area contributed by atoms with Crippen LogP contribution in [0.15, 0.2) is 6.33 Å². The standard InChI is InChI=1S/C14H19N3O2/c18-13(19)14(6-7-14)8-15-12-10-4-2-1-3-5-11(10)16-9-17-12/h9H,1-8H2,(H,18,19)(H,15,16,17). The number of aryl methyl sites for hydroxylation is 1. The fraction of sp³-hybridized carbons (Fsp3) is 0.643. The predicted octanol–water partition coefficient (Wildman–Crippen LogP) is 2.02. The third kappa shape index (κ3) is 2.41. The summed E-state index contributed by atoms with van der Waals surface area (Å²) in [6.07, 6.45) is 8.71. The van der Waals surface area contributed by atoms with Crippen molar-refractivity contribution in [3.05, 3.63) is 17.6 Å². The molecular weight excluding hydrogens is 242 g/mol. The first-order valence-corrected chi connectivity index (χ1v) is 7.01. The van der Waals surface area contributed by atoms with Gasteiger partial charge in [0.15, 0.2) is 0 Å². The number of hydrogen-bond donors (Lipinski definition) is 2. The Morgan fingerprint density at radius 2 is 2.05 bits per heavy atom. The van der Waals surface area contributed by atoms with Crippen LogP contribution in [0.1, 0.15) is 43.4 Å². The van der Waals surface area contributed by atoms with Crippen LogP contribution >= 0.6 is 0 Å². The maximum Gasteiger partial charge on any atom is 0.311 e. The largest absolute Gasteiger partial charge is 0.481 e. The quantitative estimate of drug-likeness (QED) is 0.811. The van der Waals surface area contributed by atoms with E-state index in [1.807, 2.05) is 0 Å². The monoisotopic (exact) mass is 261 g/mol. The topological polar surface area (TPSA) is 75.1 Å². The van der Waals surface area contributed by atoms with Gasteiger partial charge >= 0.3 is 5.97 Å². The molecule has 1 saturated carbocycles. The number of nitrogens with zero attached hydrogens (tertiary/aromatic N) is 2. The number of nitrogens with one attached hydrogen (secondary N) is 1. The Morgan fingerprint density at radius 1 is 1.26 bits per heavy atom. The molecule has 0 amide bonds. The van der Waals surface area contributed by atoms with Crippen molar-refractivity contribution in [2.75, 3.05) is 11.9 Å². The molecule has 0 spiro atoms. The van der Waals surface area contributed by atoms with Crippen molar-refractivity contribution in [3.63, 3.8) is 0 Å². The zero-order valence-corrected chi connectivity index (χ0v) is 11.0. The molecule has 0 aliphatic heterocycles. The van der Waals surface area contributed by atoms with Crippen molar-refractivity contribution in [1.82, 2.24) is 9.97 Å². The zero-order chi connectivity index (χ0) is 13.3. The molecule has 2 aliphatic rings. The van der Waals surface area contributed by atoms with Crippen LogP contribution in [0, 0.1) is 5.41 Å². The van der Waals surface area contributed by atoms with Crippen LogP contribution in [0.2, 0.25) is 0 Å². The van der Waals surface area contributed by atoms with Gasteiger partial charge in [0.1, 0.15) is 12.1 Å². The molecule has 0 saturated heterocycles. The fourth-order valence-electron chi connectivity index (χ4n) is 2.72. The average Bonchev–Trinajstić information content (AvgIpc) is 3.20. The van der Waals surface area contributed by atoms with Crippen LogP contribution in [0.5, 0.6) is 0 Å². The summed E-state index contributed by atoms with van der Waals surface area (Å²) < 4.78 is 0. The van der Waals surface area contributed by atoms with Crippen molar-refractivity contribution in [2.24, 2.45) is 5.41 Å². The first-order valence-electron chi connectivity index (χ1n) is 7.01. The van der Waals surface area contributed by atoms with Gasteiger partial charge < -0.3 is 10.4 Å².